The van der Waals surface area contributed by atoms with Crippen molar-refractivity contribution in [2.75, 3.05) is 20.6 Å². The zero-order valence-corrected chi connectivity index (χ0v) is 9.27. The Balaban J connectivity index is 2.84. The third kappa shape index (κ3) is 3.14. The fourth-order valence-corrected chi connectivity index (χ4v) is 1.36. The van der Waals surface area contributed by atoms with E-state index in [1.807, 2.05) is 6.07 Å². The minimum Gasteiger partial charge on any atom is -0.308 e. The molecule has 0 fully saturated rings. The summed E-state index contributed by atoms with van der Waals surface area (Å²) in [5.74, 6) is -1.37. The van der Waals surface area contributed by atoms with Gasteiger partial charge < -0.3 is 4.90 Å². The second-order valence-corrected chi connectivity index (χ2v) is 3.82. The summed E-state index contributed by atoms with van der Waals surface area (Å²) < 4.78 is 12.7. The third-order valence-corrected chi connectivity index (χ3v) is 2.15. The molecule has 0 aliphatic rings. The van der Waals surface area contributed by atoms with Crippen molar-refractivity contribution in [1.82, 2.24) is 4.90 Å². The summed E-state index contributed by atoms with van der Waals surface area (Å²) in [6.07, 6.45) is 0. The van der Waals surface area contributed by atoms with Crippen LogP contribution in [-0.4, -0.2) is 31.3 Å². The molecule has 3 nitrogen and oxygen atoms in total. The molecule has 0 saturated heterocycles. The lowest BCUT2D eigenvalue weighted by molar-refractivity contribution is 0.0932. The van der Waals surface area contributed by atoms with Gasteiger partial charge in [-0.3, -0.25) is 4.79 Å². The minimum absolute atomic E-state index is 0.267. The summed E-state index contributed by atoms with van der Waals surface area (Å²) in [5, 5.41) is 8.89. The van der Waals surface area contributed by atoms with Gasteiger partial charge in [-0.15, -0.1) is 0 Å². The molecule has 1 aromatic rings. The molecule has 16 heavy (non-hydrogen) atoms. The first-order valence-corrected chi connectivity index (χ1v) is 4.88. The number of hydrogen-bond donors (Lipinski definition) is 0. The highest BCUT2D eigenvalue weighted by Gasteiger charge is 2.20. The van der Waals surface area contributed by atoms with Crippen LogP contribution in [-0.2, 0) is 0 Å². The van der Waals surface area contributed by atoms with Crippen molar-refractivity contribution in [3.05, 3.63) is 35.6 Å². The molecule has 1 atom stereocenters. The first-order chi connectivity index (χ1) is 7.54. The van der Waals surface area contributed by atoms with E-state index in [2.05, 4.69) is 0 Å². The van der Waals surface area contributed by atoms with E-state index < -0.39 is 11.7 Å². The Morgan fingerprint density at radius 2 is 2.00 bits per heavy atom. The van der Waals surface area contributed by atoms with E-state index in [-0.39, 0.29) is 5.78 Å². The molecule has 0 aliphatic carbocycles. The molecule has 0 saturated carbocycles. The lowest BCUT2D eigenvalue weighted by atomic mass is 9.98. The van der Waals surface area contributed by atoms with E-state index in [9.17, 15) is 9.18 Å². The number of rotatable bonds is 4. The van der Waals surface area contributed by atoms with E-state index in [1.54, 1.807) is 19.0 Å². The van der Waals surface area contributed by atoms with Gasteiger partial charge in [-0.05, 0) is 38.4 Å². The molecule has 0 aliphatic heterocycles. The van der Waals surface area contributed by atoms with E-state index in [1.165, 1.54) is 24.3 Å². The molecule has 0 amide bonds. The molecule has 0 bridgehead atoms. The van der Waals surface area contributed by atoms with Gasteiger partial charge in [-0.2, -0.15) is 5.26 Å². The zero-order valence-electron chi connectivity index (χ0n) is 9.27. The molecule has 1 aromatic carbocycles. The third-order valence-electron chi connectivity index (χ3n) is 2.15. The number of ketones is 1. The molecule has 1 rings (SSSR count). The summed E-state index contributed by atoms with van der Waals surface area (Å²) in [6.45, 7) is 0.368. The smallest absolute Gasteiger partial charge is 0.181 e. The minimum atomic E-state index is -0.708. The number of nitrogens with zero attached hydrogens (tertiary/aromatic N) is 2. The van der Waals surface area contributed by atoms with Crippen molar-refractivity contribution in [3.8, 4) is 6.07 Å². The molecular formula is C12H13FN2O. The molecular weight excluding hydrogens is 207 g/mol. The second kappa shape index (κ2) is 5.38. The predicted octanol–water partition coefficient (Wildman–Crippen LogP) is 1.71. The first kappa shape index (κ1) is 12.3. The maximum absolute atomic E-state index is 12.7. The highest BCUT2D eigenvalue weighted by atomic mass is 19.1. The number of hydrogen-bond acceptors (Lipinski definition) is 3. The summed E-state index contributed by atoms with van der Waals surface area (Å²) in [4.78, 5) is 13.6. The van der Waals surface area contributed by atoms with Crippen molar-refractivity contribution in [2.24, 2.45) is 5.92 Å². The van der Waals surface area contributed by atoms with Gasteiger partial charge in [0.15, 0.2) is 5.78 Å². The van der Waals surface area contributed by atoms with E-state index in [0.29, 0.717) is 12.1 Å². The lowest BCUT2D eigenvalue weighted by Gasteiger charge is -2.13. The largest absolute Gasteiger partial charge is 0.308 e. The quantitative estimate of drug-likeness (QED) is 0.725. The topological polar surface area (TPSA) is 44.1 Å². The van der Waals surface area contributed by atoms with Gasteiger partial charge in [0.05, 0.1) is 6.07 Å². The van der Waals surface area contributed by atoms with Gasteiger partial charge in [0.25, 0.3) is 0 Å². The fourth-order valence-electron chi connectivity index (χ4n) is 1.36. The average molecular weight is 220 g/mol. The standard InChI is InChI=1S/C12H13FN2O/c1-15(2)8-10(7-14)12(16)9-3-5-11(13)6-4-9/h3-6,10H,8H2,1-2H3. The molecule has 0 radical (unpaired) electrons. The number of benzene rings is 1. The SMILES string of the molecule is CN(C)CC(C#N)C(=O)c1ccc(F)cc1. The summed E-state index contributed by atoms with van der Waals surface area (Å²) in [5.41, 5.74) is 0.370. The number of Topliss-reactive ketones (excluding diaryl/α,β-unsaturated/α-hetero) is 1. The molecule has 84 valence electrons. The molecule has 0 heterocycles. The van der Waals surface area contributed by atoms with E-state index >= 15 is 0 Å². The van der Waals surface area contributed by atoms with Crippen LogP contribution in [0.1, 0.15) is 10.4 Å². The van der Waals surface area contributed by atoms with Crippen LogP contribution in [0, 0.1) is 23.1 Å². The molecule has 1 unspecified atom stereocenters. The normalized spacial score (nSPS) is 12.2. The zero-order chi connectivity index (χ0) is 12.1. The molecule has 0 spiro atoms. The second-order valence-electron chi connectivity index (χ2n) is 3.82. The summed E-state index contributed by atoms with van der Waals surface area (Å²) in [6, 6.07) is 7.20. The lowest BCUT2D eigenvalue weighted by Crippen LogP contribution is -2.26. The van der Waals surface area contributed by atoms with Crippen molar-refractivity contribution in [3.63, 3.8) is 0 Å². The van der Waals surface area contributed by atoms with Crippen LogP contribution >= 0.6 is 0 Å². The van der Waals surface area contributed by atoms with Crippen LogP contribution < -0.4 is 0 Å². The Hall–Kier alpha value is -1.73. The van der Waals surface area contributed by atoms with E-state index in [0.717, 1.165) is 0 Å². The highest BCUT2D eigenvalue weighted by molar-refractivity contribution is 5.99. The number of nitriles is 1. The monoisotopic (exact) mass is 220 g/mol. The van der Waals surface area contributed by atoms with E-state index in [4.69, 9.17) is 5.26 Å². The van der Waals surface area contributed by atoms with Gasteiger partial charge in [-0.1, -0.05) is 0 Å². The maximum Gasteiger partial charge on any atom is 0.181 e. The Morgan fingerprint density at radius 1 is 1.44 bits per heavy atom. The van der Waals surface area contributed by atoms with Crippen LogP contribution in [0.4, 0.5) is 4.39 Å². The Bertz CT molecular complexity index is 406. The summed E-state index contributed by atoms with van der Waals surface area (Å²) in [7, 11) is 3.59. The summed E-state index contributed by atoms with van der Waals surface area (Å²) >= 11 is 0. The van der Waals surface area contributed by atoms with Crippen LogP contribution in [0.2, 0.25) is 0 Å². The van der Waals surface area contributed by atoms with Crippen molar-refractivity contribution < 1.29 is 9.18 Å². The van der Waals surface area contributed by atoms with Crippen molar-refractivity contribution in [2.45, 2.75) is 0 Å². The van der Waals surface area contributed by atoms with Crippen molar-refractivity contribution in [1.29, 1.82) is 5.26 Å². The Labute approximate surface area is 94.1 Å². The first-order valence-electron chi connectivity index (χ1n) is 4.88. The van der Waals surface area contributed by atoms with Gasteiger partial charge >= 0.3 is 0 Å². The number of carbonyl (C=O) groups excluding carboxylic acids is 1. The maximum atomic E-state index is 12.7. The number of carbonyl (C=O) groups is 1. The molecule has 0 N–H and O–H groups in total. The van der Waals surface area contributed by atoms with Gasteiger partial charge in [0.1, 0.15) is 11.7 Å². The number of halogens is 1. The van der Waals surface area contributed by atoms with Crippen LogP contribution in [0.25, 0.3) is 0 Å². The highest BCUT2D eigenvalue weighted by Crippen LogP contribution is 2.10. The average Bonchev–Trinajstić information content (AvgIpc) is 2.25. The van der Waals surface area contributed by atoms with Gasteiger partial charge in [0.2, 0.25) is 0 Å². The van der Waals surface area contributed by atoms with Crippen LogP contribution in [0.5, 0.6) is 0 Å². The molecule has 0 aromatic heterocycles. The Morgan fingerprint density at radius 3 is 2.44 bits per heavy atom. The van der Waals surface area contributed by atoms with Gasteiger partial charge in [-0.25, -0.2) is 4.39 Å². The van der Waals surface area contributed by atoms with Crippen LogP contribution in [0.3, 0.4) is 0 Å². The Kier molecular flexibility index (Phi) is 4.15. The van der Waals surface area contributed by atoms with Crippen molar-refractivity contribution >= 4 is 5.78 Å². The van der Waals surface area contributed by atoms with Gasteiger partial charge in [0, 0.05) is 12.1 Å². The molecule has 4 heteroatoms. The van der Waals surface area contributed by atoms with Crippen LogP contribution in [0.15, 0.2) is 24.3 Å². The predicted molar refractivity (Wildman–Crippen MR) is 58.4 cm³/mol. The fraction of sp³-hybridized carbons (Fsp3) is 0.333.